The number of benzene rings is 4. The second-order valence-electron chi connectivity index (χ2n) is 7.13. The third-order valence-corrected chi connectivity index (χ3v) is 5.03. The maximum Gasteiger partial charge on any atom is 0.120 e. The van der Waals surface area contributed by atoms with Crippen molar-refractivity contribution in [3.8, 4) is 5.75 Å². The molecule has 1 atom stereocenters. The molecule has 0 spiro atoms. The van der Waals surface area contributed by atoms with Gasteiger partial charge in [0.05, 0.1) is 0 Å². The second kappa shape index (κ2) is 8.73. The molecular weight excluding hydrogens is 342 g/mol. The van der Waals surface area contributed by atoms with Gasteiger partial charge in [0.15, 0.2) is 0 Å². The van der Waals surface area contributed by atoms with E-state index >= 15 is 0 Å². The first kappa shape index (κ1) is 18.3. The van der Waals surface area contributed by atoms with Gasteiger partial charge in [-0.25, -0.2) is 0 Å². The maximum absolute atomic E-state index is 5.97. The van der Waals surface area contributed by atoms with E-state index in [1.807, 2.05) is 24.3 Å². The van der Waals surface area contributed by atoms with Crippen LogP contribution < -0.4 is 10.1 Å². The minimum Gasteiger partial charge on any atom is -0.489 e. The smallest absolute Gasteiger partial charge is 0.120 e. The van der Waals surface area contributed by atoms with Crippen molar-refractivity contribution in [2.24, 2.45) is 0 Å². The molecule has 2 nitrogen and oxygen atoms in total. The van der Waals surface area contributed by atoms with Crippen LogP contribution in [0.4, 0.5) is 0 Å². The number of hydrogen-bond donors (Lipinski definition) is 1. The molecule has 0 fully saturated rings. The van der Waals surface area contributed by atoms with Gasteiger partial charge in [0.2, 0.25) is 0 Å². The molecular formula is C26H25NO. The van der Waals surface area contributed by atoms with Gasteiger partial charge in [-0.05, 0) is 52.6 Å². The first-order chi connectivity index (χ1) is 13.8. The average molecular weight is 367 g/mol. The Balaban J connectivity index is 1.38. The van der Waals surface area contributed by atoms with E-state index in [1.165, 1.54) is 27.5 Å². The van der Waals surface area contributed by atoms with Crippen LogP contribution in [0.5, 0.6) is 5.75 Å². The van der Waals surface area contributed by atoms with Gasteiger partial charge in [-0.15, -0.1) is 0 Å². The summed E-state index contributed by atoms with van der Waals surface area (Å²) in [6.45, 7) is 3.61. The lowest BCUT2D eigenvalue weighted by Gasteiger charge is -2.16. The third kappa shape index (κ3) is 4.59. The number of fused-ring (bicyclic) bond motifs is 1. The number of hydrogen-bond acceptors (Lipinski definition) is 2. The summed E-state index contributed by atoms with van der Waals surface area (Å²) in [5.41, 5.74) is 3.70. The van der Waals surface area contributed by atoms with Crippen LogP contribution in [0.2, 0.25) is 0 Å². The van der Waals surface area contributed by atoms with Crippen LogP contribution >= 0.6 is 0 Å². The van der Waals surface area contributed by atoms with Crippen LogP contribution in [0.1, 0.15) is 29.7 Å². The van der Waals surface area contributed by atoms with Gasteiger partial charge in [-0.1, -0.05) is 78.9 Å². The van der Waals surface area contributed by atoms with Gasteiger partial charge in [0.25, 0.3) is 0 Å². The molecule has 0 aliphatic carbocycles. The van der Waals surface area contributed by atoms with E-state index in [1.54, 1.807) is 0 Å². The van der Waals surface area contributed by atoms with Crippen molar-refractivity contribution in [2.75, 3.05) is 0 Å². The van der Waals surface area contributed by atoms with E-state index in [9.17, 15) is 0 Å². The zero-order chi connectivity index (χ0) is 19.2. The number of rotatable bonds is 7. The van der Waals surface area contributed by atoms with Crippen LogP contribution in [0, 0.1) is 0 Å². The van der Waals surface area contributed by atoms with Crippen molar-refractivity contribution in [3.63, 3.8) is 0 Å². The second-order valence-corrected chi connectivity index (χ2v) is 7.13. The average Bonchev–Trinajstić information content (AvgIpc) is 2.77. The molecule has 28 heavy (non-hydrogen) atoms. The van der Waals surface area contributed by atoms with E-state index in [-0.39, 0.29) is 6.04 Å². The van der Waals surface area contributed by atoms with Gasteiger partial charge in [0, 0.05) is 12.6 Å². The van der Waals surface area contributed by atoms with Crippen molar-refractivity contribution in [3.05, 3.63) is 114 Å². The van der Waals surface area contributed by atoms with Gasteiger partial charge in [0.1, 0.15) is 12.4 Å². The molecule has 0 aliphatic rings. The fourth-order valence-electron chi connectivity index (χ4n) is 3.35. The van der Waals surface area contributed by atoms with Crippen LogP contribution in [-0.4, -0.2) is 0 Å². The van der Waals surface area contributed by atoms with Gasteiger partial charge in [-0.2, -0.15) is 0 Å². The molecule has 4 aromatic carbocycles. The highest BCUT2D eigenvalue weighted by Crippen LogP contribution is 2.21. The monoisotopic (exact) mass is 367 g/mol. The maximum atomic E-state index is 5.97. The van der Waals surface area contributed by atoms with E-state index in [0.29, 0.717) is 6.61 Å². The lowest BCUT2D eigenvalue weighted by atomic mass is 10.1. The Morgan fingerprint density at radius 1 is 0.714 bits per heavy atom. The fourth-order valence-corrected chi connectivity index (χ4v) is 3.35. The molecule has 4 aromatic rings. The largest absolute Gasteiger partial charge is 0.489 e. The summed E-state index contributed by atoms with van der Waals surface area (Å²) in [6.07, 6.45) is 0. The van der Waals surface area contributed by atoms with Crippen molar-refractivity contribution in [2.45, 2.75) is 26.1 Å². The van der Waals surface area contributed by atoms with E-state index in [0.717, 1.165) is 12.3 Å². The molecule has 140 valence electrons. The minimum absolute atomic E-state index is 0.242. The zero-order valence-corrected chi connectivity index (χ0v) is 16.1. The summed E-state index contributed by atoms with van der Waals surface area (Å²) in [5.74, 6) is 0.903. The van der Waals surface area contributed by atoms with Crippen LogP contribution in [0.25, 0.3) is 10.8 Å². The minimum atomic E-state index is 0.242. The molecule has 0 bridgehead atoms. The summed E-state index contributed by atoms with van der Waals surface area (Å²) in [7, 11) is 0. The van der Waals surface area contributed by atoms with Gasteiger partial charge >= 0.3 is 0 Å². The standard InChI is InChI=1S/C26H25NO/c1-20(27-18-22-14-15-23-10-5-6-11-25(23)16-22)24-12-7-13-26(17-24)28-19-21-8-3-2-4-9-21/h2-17,20,27H,18-19H2,1H3/t20-/m0/s1. The van der Waals surface area contributed by atoms with Crippen molar-refractivity contribution in [1.82, 2.24) is 5.32 Å². The summed E-state index contributed by atoms with van der Waals surface area (Å²) >= 11 is 0. The first-order valence-electron chi connectivity index (χ1n) is 9.76. The molecule has 0 saturated carbocycles. The Hall–Kier alpha value is -3.10. The van der Waals surface area contributed by atoms with Crippen LogP contribution in [0.15, 0.2) is 97.1 Å². The predicted octanol–water partition coefficient (Wildman–Crippen LogP) is 6.27. The SMILES string of the molecule is C[C@H](NCc1ccc2ccccc2c1)c1cccc(OCc2ccccc2)c1. The zero-order valence-electron chi connectivity index (χ0n) is 16.1. The molecule has 2 heteroatoms. The highest BCUT2D eigenvalue weighted by Gasteiger charge is 2.07. The highest BCUT2D eigenvalue weighted by atomic mass is 16.5. The topological polar surface area (TPSA) is 21.3 Å². The number of ether oxygens (including phenoxy) is 1. The molecule has 0 saturated heterocycles. The van der Waals surface area contributed by atoms with Crippen molar-refractivity contribution < 1.29 is 4.74 Å². The molecule has 1 N–H and O–H groups in total. The van der Waals surface area contributed by atoms with Crippen LogP contribution in [0.3, 0.4) is 0 Å². The molecule has 4 rings (SSSR count). The van der Waals surface area contributed by atoms with E-state index in [4.69, 9.17) is 4.74 Å². The number of nitrogens with one attached hydrogen (secondary N) is 1. The summed E-state index contributed by atoms with van der Waals surface area (Å²) < 4.78 is 5.97. The molecule has 0 radical (unpaired) electrons. The normalized spacial score (nSPS) is 12.0. The Morgan fingerprint density at radius 2 is 1.50 bits per heavy atom. The molecule has 0 unspecified atom stereocenters. The fraction of sp³-hybridized carbons (Fsp3) is 0.154. The lowest BCUT2D eigenvalue weighted by molar-refractivity contribution is 0.305. The molecule has 0 amide bonds. The third-order valence-electron chi connectivity index (χ3n) is 5.03. The first-order valence-corrected chi connectivity index (χ1v) is 9.76. The van der Waals surface area contributed by atoms with E-state index < -0.39 is 0 Å². The summed E-state index contributed by atoms with van der Waals surface area (Å²) in [5, 5.41) is 6.19. The van der Waals surface area contributed by atoms with Gasteiger partial charge < -0.3 is 10.1 Å². The molecule has 0 aromatic heterocycles. The van der Waals surface area contributed by atoms with Crippen molar-refractivity contribution in [1.29, 1.82) is 0 Å². The molecule has 0 heterocycles. The Morgan fingerprint density at radius 3 is 2.36 bits per heavy atom. The summed E-state index contributed by atoms with van der Waals surface area (Å²) in [4.78, 5) is 0. The quantitative estimate of drug-likeness (QED) is 0.416. The van der Waals surface area contributed by atoms with Crippen molar-refractivity contribution >= 4 is 10.8 Å². The Bertz CT molecular complexity index is 1040. The molecule has 0 aliphatic heterocycles. The van der Waals surface area contributed by atoms with Crippen LogP contribution in [-0.2, 0) is 13.2 Å². The summed E-state index contributed by atoms with van der Waals surface area (Å²) in [6, 6.07) is 34.0. The van der Waals surface area contributed by atoms with E-state index in [2.05, 4.69) is 85.0 Å². The Kier molecular flexibility index (Phi) is 5.69. The Labute approximate surface area is 166 Å². The predicted molar refractivity (Wildman–Crippen MR) is 116 cm³/mol. The highest BCUT2D eigenvalue weighted by molar-refractivity contribution is 5.82. The van der Waals surface area contributed by atoms with Gasteiger partial charge in [-0.3, -0.25) is 0 Å². The lowest BCUT2D eigenvalue weighted by Crippen LogP contribution is -2.18.